The molecule has 100 valence electrons. The van der Waals surface area contributed by atoms with Gasteiger partial charge >= 0.3 is 0 Å². The second kappa shape index (κ2) is 5.91. The molecule has 0 bridgehead atoms. The molecule has 0 aromatic heterocycles. The first-order valence-corrected chi connectivity index (χ1v) is 6.80. The maximum atomic E-state index is 9.40. The van der Waals surface area contributed by atoms with Crippen molar-refractivity contribution < 1.29 is 9.84 Å². The minimum atomic E-state index is -0.516. The highest BCUT2D eigenvalue weighted by atomic mass is 35.5. The van der Waals surface area contributed by atoms with Gasteiger partial charge in [-0.1, -0.05) is 17.7 Å². The second-order valence-corrected chi connectivity index (χ2v) is 5.39. The first-order chi connectivity index (χ1) is 8.56. The van der Waals surface area contributed by atoms with Crippen LogP contribution in [0.2, 0.25) is 5.02 Å². The monoisotopic (exact) mass is 269 g/mol. The molecule has 0 amide bonds. The third kappa shape index (κ3) is 3.87. The van der Waals surface area contributed by atoms with Gasteiger partial charge in [-0.2, -0.15) is 0 Å². The number of aliphatic hydroxyl groups excluding tert-OH is 1. The first-order valence-electron chi connectivity index (χ1n) is 6.43. The zero-order valence-electron chi connectivity index (χ0n) is 10.8. The Balaban J connectivity index is 1.95. The second-order valence-electron chi connectivity index (χ2n) is 4.98. The van der Waals surface area contributed by atoms with Crippen LogP contribution >= 0.6 is 11.6 Å². The van der Waals surface area contributed by atoms with Crippen LogP contribution in [0.15, 0.2) is 18.2 Å². The summed E-state index contributed by atoms with van der Waals surface area (Å²) in [5.41, 5.74) is 1.16. The minimum absolute atomic E-state index is 0.266. The summed E-state index contributed by atoms with van der Waals surface area (Å²) in [7, 11) is 0. The molecule has 2 unspecified atom stereocenters. The summed E-state index contributed by atoms with van der Waals surface area (Å²) in [6.07, 6.45) is 1.77. The van der Waals surface area contributed by atoms with Crippen LogP contribution in [0.25, 0.3) is 0 Å². The predicted molar refractivity (Wildman–Crippen MR) is 73.1 cm³/mol. The van der Waals surface area contributed by atoms with E-state index in [1.54, 1.807) is 6.92 Å². The first kappa shape index (κ1) is 13.7. The van der Waals surface area contributed by atoms with Crippen LogP contribution < -0.4 is 10.1 Å². The lowest BCUT2D eigenvalue weighted by molar-refractivity contribution is 0.0605. The zero-order chi connectivity index (χ0) is 13.1. The lowest BCUT2D eigenvalue weighted by atomic mass is 10.2. The van der Waals surface area contributed by atoms with E-state index in [0.717, 1.165) is 12.1 Å². The molecule has 2 N–H and O–H groups in total. The standard InChI is InChI=1S/C14H20ClNO2/c1-9(17)10(2)18-14-6-3-11(7-13(14)15)8-16-12-4-5-12/h3,6-7,9-10,12,16-17H,4-5,8H2,1-2H3. The Labute approximate surface area is 113 Å². The van der Waals surface area contributed by atoms with Gasteiger partial charge in [-0.15, -0.1) is 0 Å². The average molecular weight is 270 g/mol. The van der Waals surface area contributed by atoms with E-state index in [4.69, 9.17) is 16.3 Å². The van der Waals surface area contributed by atoms with Gasteiger partial charge in [0.25, 0.3) is 0 Å². The van der Waals surface area contributed by atoms with E-state index in [1.807, 2.05) is 25.1 Å². The molecule has 1 saturated carbocycles. The average Bonchev–Trinajstić information content (AvgIpc) is 3.13. The Morgan fingerprint density at radius 1 is 1.44 bits per heavy atom. The molecule has 3 nitrogen and oxygen atoms in total. The molecule has 4 heteroatoms. The summed E-state index contributed by atoms with van der Waals surface area (Å²) in [4.78, 5) is 0. The molecule has 1 aliphatic rings. The molecule has 1 aromatic carbocycles. The van der Waals surface area contributed by atoms with Gasteiger partial charge in [-0.05, 0) is 44.4 Å². The van der Waals surface area contributed by atoms with Gasteiger partial charge in [-0.3, -0.25) is 0 Å². The smallest absolute Gasteiger partial charge is 0.138 e. The van der Waals surface area contributed by atoms with Crippen molar-refractivity contribution in [2.45, 2.75) is 51.5 Å². The number of hydrogen-bond acceptors (Lipinski definition) is 3. The van der Waals surface area contributed by atoms with Crippen LogP contribution in [-0.4, -0.2) is 23.4 Å². The van der Waals surface area contributed by atoms with Crippen LogP contribution in [0.4, 0.5) is 0 Å². The van der Waals surface area contributed by atoms with Gasteiger partial charge in [-0.25, -0.2) is 0 Å². The van der Waals surface area contributed by atoms with Gasteiger partial charge in [0, 0.05) is 12.6 Å². The molecule has 0 spiro atoms. The van der Waals surface area contributed by atoms with Crippen molar-refractivity contribution in [2.75, 3.05) is 0 Å². The fraction of sp³-hybridized carbons (Fsp3) is 0.571. The summed E-state index contributed by atoms with van der Waals surface area (Å²) in [5.74, 6) is 0.625. The molecule has 2 atom stereocenters. The molecular formula is C14H20ClNO2. The summed E-state index contributed by atoms with van der Waals surface area (Å²) >= 11 is 6.17. The third-order valence-corrected chi connectivity index (χ3v) is 3.46. The number of nitrogens with one attached hydrogen (secondary N) is 1. The Hall–Kier alpha value is -0.770. The van der Waals surface area contributed by atoms with Crippen molar-refractivity contribution in [1.82, 2.24) is 5.32 Å². The third-order valence-electron chi connectivity index (χ3n) is 3.16. The van der Waals surface area contributed by atoms with Crippen molar-refractivity contribution >= 4 is 11.6 Å². The minimum Gasteiger partial charge on any atom is -0.486 e. The molecule has 0 aliphatic heterocycles. The van der Waals surface area contributed by atoms with E-state index in [1.165, 1.54) is 12.8 Å². The zero-order valence-corrected chi connectivity index (χ0v) is 11.6. The summed E-state index contributed by atoms with van der Waals surface area (Å²) < 4.78 is 5.60. The number of aliphatic hydroxyl groups is 1. The Morgan fingerprint density at radius 2 is 2.17 bits per heavy atom. The molecule has 1 aliphatic carbocycles. The number of halogens is 1. The van der Waals surface area contributed by atoms with Crippen molar-refractivity contribution in [3.05, 3.63) is 28.8 Å². The van der Waals surface area contributed by atoms with E-state index in [-0.39, 0.29) is 6.10 Å². The highest BCUT2D eigenvalue weighted by Gasteiger charge is 2.20. The highest BCUT2D eigenvalue weighted by Crippen LogP contribution is 2.27. The molecule has 0 heterocycles. The van der Waals surface area contributed by atoms with Crippen LogP contribution in [0, 0.1) is 0 Å². The largest absolute Gasteiger partial charge is 0.486 e. The topological polar surface area (TPSA) is 41.5 Å². The molecule has 2 rings (SSSR count). The number of rotatable bonds is 6. The van der Waals surface area contributed by atoms with Gasteiger partial charge < -0.3 is 15.2 Å². The SMILES string of the molecule is CC(O)C(C)Oc1ccc(CNC2CC2)cc1Cl. The van der Waals surface area contributed by atoms with E-state index < -0.39 is 6.10 Å². The normalized spacial score (nSPS) is 18.4. The molecule has 1 fully saturated rings. The molecule has 1 aromatic rings. The van der Waals surface area contributed by atoms with Gasteiger partial charge in [0.05, 0.1) is 11.1 Å². The molecule has 0 saturated heterocycles. The highest BCUT2D eigenvalue weighted by molar-refractivity contribution is 6.32. The number of benzene rings is 1. The summed E-state index contributed by atoms with van der Waals surface area (Å²) in [6.45, 7) is 4.37. The van der Waals surface area contributed by atoms with Crippen LogP contribution in [0.1, 0.15) is 32.3 Å². The van der Waals surface area contributed by atoms with Crippen LogP contribution in [-0.2, 0) is 6.54 Å². The number of hydrogen-bond donors (Lipinski definition) is 2. The maximum Gasteiger partial charge on any atom is 0.138 e. The summed E-state index contributed by atoms with van der Waals surface area (Å²) in [6, 6.07) is 6.48. The summed E-state index contributed by atoms with van der Waals surface area (Å²) in [5, 5.41) is 13.4. The lowest BCUT2D eigenvalue weighted by Crippen LogP contribution is -2.25. The van der Waals surface area contributed by atoms with E-state index in [0.29, 0.717) is 16.8 Å². The van der Waals surface area contributed by atoms with Gasteiger partial charge in [0.1, 0.15) is 11.9 Å². The van der Waals surface area contributed by atoms with Crippen LogP contribution in [0.5, 0.6) is 5.75 Å². The van der Waals surface area contributed by atoms with Crippen molar-refractivity contribution in [3.63, 3.8) is 0 Å². The van der Waals surface area contributed by atoms with Crippen molar-refractivity contribution in [3.8, 4) is 5.75 Å². The van der Waals surface area contributed by atoms with E-state index in [9.17, 15) is 5.11 Å². The van der Waals surface area contributed by atoms with Crippen molar-refractivity contribution in [1.29, 1.82) is 0 Å². The Morgan fingerprint density at radius 3 is 2.72 bits per heavy atom. The van der Waals surface area contributed by atoms with E-state index >= 15 is 0 Å². The Bertz CT molecular complexity index is 405. The predicted octanol–water partition coefficient (Wildman–Crippen LogP) is 2.74. The Kier molecular flexibility index (Phi) is 4.49. The van der Waals surface area contributed by atoms with Gasteiger partial charge in [0.2, 0.25) is 0 Å². The fourth-order valence-corrected chi connectivity index (χ4v) is 1.85. The lowest BCUT2D eigenvalue weighted by Gasteiger charge is -2.18. The van der Waals surface area contributed by atoms with Crippen molar-refractivity contribution in [2.24, 2.45) is 0 Å². The van der Waals surface area contributed by atoms with E-state index in [2.05, 4.69) is 5.32 Å². The maximum absolute atomic E-state index is 9.40. The molecular weight excluding hydrogens is 250 g/mol. The molecule has 0 radical (unpaired) electrons. The quantitative estimate of drug-likeness (QED) is 0.834. The number of ether oxygens (including phenoxy) is 1. The van der Waals surface area contributed by atoms with Crippen LogP contribution in [0.3, 0.4) is 0 Å². The molecule has 18 heavy (non-hydrogen) atoms. The van der Waals surface area contributed by atoms with Gasteiger partial charge in [0.15, 0.2) is 0 Å². The fourth-order valence-electron chi connectivity index (χ4n) is 1.60.